The standard InChI is InChI=1S/C17H24N2O4/c1-5-8-14(20)13(17(21)23-7-3)11-18-16-10-9-15(22-6-2)12(4)19-16/h9-11,13H,5-8H2,1-4H3. The molecule has 0 fully saturated rings. The summed E-state index contributed by atoms with van der Waals surface area (Å²) in [6.45, 7) is 8.08. The van der Waals surface area contributed by atoms with Crippen LogP contribution in [0.2, 0.25) is 0 Å². The molecule has 0 radical (unpaired) electrons. The summed E-state index contributed by atoms with van der Waals surface area (Å²) in [7, 11) is 0. The van der Waals surface area contributed by atoms with Crippen molar-refractivity contribution in [1.29, 1.82) is 0 Å². The van der Waals surface area contributed by atoms with E-state index in [0.29, 0.717) is 36.7 Å². The minimum atomic E-state index is -0.983. The highest BCUT2D eigenvalue weighted by Gasteiger charge is 2.25. The molecule has 1 unspecified atom stereocenters. The number of pyridine rings is 1. The monoisotopic (exact) mass is 320 g/mol. The van der Waals surface area contributed by atoms with Crippen molar-refractivity contribution in [2.24, 2.45) is 10.9 Å². The third kappa shape index (κ3) is 5.81. The van der Waals surface area contributed by atoms with Gasteiger partial charge in [0, 0.05) is 12.6 Å². The SMILES string of the molecule is CCCC(=O)C(C=Nc1ccc(OCC)c(C)n1)C(=O)OCC. The van der Waals surface area contributed by atoms with Crippen molar-refractivity contribution in [3.8, 4) is 5.75 Å². The lowest BCUT2D eigenvalue weighted by Crippen LogP contribution is -2.27. The van der Waals surface area contributed by atoms with E-state index in [1.807, 2.05) is 20.8 Å². The van der Waals surface area contributed by atoms with Gasteiger partial charge in [-0.15, -0.1) is 0 Å². The van der Waals surface area contributed by atoms with Crippen molar-refractivity contribution >= 4 is 23.8 Å². The van der Waals surface area contributed by atoms with Crippen molar-refractivity contribution in [3.05, 3.63) is 17.8 Å². The molecule has 126 valence electrons. The molecule has 1 rings (SSSR count). The second-order valence-electron chi connectivity index (χ2n) is 4.91. The van der Waals surface area contributed by atoms with Gasteiger partial charge < -0.3 is 9.47 Å². The molecule has 0 saturated heterocycles. The Bertz CT molecular complexity index is 552. The first-order valence-electron chi connectivity index (χ1n) is 7.87. The van der Waals surface area contributed by atoms with Crippen LogP contribution in [0.25, 0.3) is 0 Å². The molecule has 0 aliphatic heterocycles. The maximum Gasteiger partial charge on any atom is 0.321 e. The lowest BCUT2D eigenvalue weighted by Gasteiger charge is -2.10. The van der Waals surface area contributed by atoms with E-state index in [2.05, 4.69) is 9.98 Å². The van der Waals surface area contributed by atoms with Gasteiger partial charge in [0.25, 0.3) is 0 Å². The lowest BCUT2D eigenvalue weighted by atomic mass is 10.0. The normalized spacial score (nSPS) is 12.2. The van der Waals surface area contributed by atoms with Crippen LogP contribution in [0.15, 0.2) is 17.1 Å². The average Bonchev–Trinajstić information content (AvgIpc) is 2.51. The minimum Gasteiger partial charge on any atom is -0.492 e. The summed E-state index contributed by atoms with van der Waals surface area (Å²) in [4.78, 5) is 32.4. The Kier molecular flexibility index (Phi) is 7.94. The topological polar surface area (TPSA) is 77.9 Å². The molecule has 1 atom stereocenters. The quantitative estimate of drug-likeness (QED) is 0.397. The number of rotatable bonds is 9. The maximum absolute atomic E-state index is 12.1. The lowest BCUT2D eigenvalue weighted by molar-refractivity contribution is -0.148. The smallest absolute Gasteiger partial charge is 0.321 e. The first kappa shape index (κ1) is 18.8. The second-order valence-corrected chi connectivity index (χ2v) is 4.91. The number of esters is 1. The highest BCUT2D eigenvalue weighted by Crippen LogP contribution is 2.20. The number of aromatic nitrogens is 1. The second kappa shape index (κ2) is 9.71. The number of carbonyl (C=O) groups excluding carboxylic acids is 2. The Morgan fingerprint density at radius 1 is 1.26 bits per heavy atom. The molecule has 0 aliphatic carbocycles. The van der Waals surface area contributed by atoms with Crippen LogP contribution in [0.1, 0.15) is 39.3 Å². The number of carbonyl (C=O) groups is 2. The van der Waals surface area contributed by atoms with E-state index in [0.717, 1.165) is 0 Å². The highest BCUT2D eigenvalue weighted by molar-refractivity contribution is 6.12. The first-order valence-corrected chi connectivity index (χ1v) is 7.87. The molecule has 0 aromatic carbocycles. The van der Waals surface area contributed by atoms with Crippen molar-refractivity contribution in [3.63, 3.8) is 0 Å². The summed E-state index contributed by atoms with van der Waals surface area (Å²) in [6, 6.07) is 3.45. The van der Waals surface area contributed by atoms with Crippen molar-refractivity contribution in [2.75, 3.05) is 13.2 Å². The van der Waals surface area contributed by atoms with Gasteiger partial charge in [0.1, 0.15) is 5.75 Å². The highest BCUT2D eigenvalue weighted by atomic mass is 16.5. The number of ether oxygens (including phenoxy) is 2. The summed E-state index contributed by atoms with van der Waals surface area (Å²) in [5, 5.41) is 0. The van der Waals surface area contributed by atoms with Crippen molar-refractivity contribution < 1.29 is 19.1 Å². The van der Waals surface area contributed by atoms with Crippen molar-refractivity contribution in [2.45, 2.75) is 40.5 Å². The van der Waals surface area contributed by atoms with Gasteiger partial charge in [-0.05, 0) is 39.3 Å². The Morgan fingerprint density at radius 2 is 2.00 bits per heavy atom. The van der Waals surface area contributed by atoms with Gasteiger partial charge in [0.2, 0.25) is 0 Å². The predicted octanol–water partition coefficient (Wildman–Crippen LogP) is 3.04. The number of nitrogens with zero attached hydrogens (tertiary/aromatic N) is 2. The maximum atomic E-state index is 12.1. The third-order valence-corrected chi connectivity index (χ3v) is 3.06. The molecule has 0 spiro atoms. The molecule has 0 bridgehead atoms. The van der Waals surface area contributed by atoms with Crippen LogP contribution < -0.4 is 4.74 Å². The largest absolute Gasteiger partial charge is 0.492 e. The van der Waals surface area contributed by atoms with Gasteiger partial charge in [-0.1, -0.05) is 6.92 Å². The molecular formula is C17H24N2O4. The zero-order chi connectivity index (χ0) is 17.2. The number of hydrogen-bond donors (Lipinski definition) is 0. The number of ketones is 1. The molecule has 0 N–H and O–H groups in total. The van der Waals surface area contributed by atoms with E-state index in [9.17, 15) is 9.59 Å². The molecule has 1 aromatic rings. The molecule has 6 nitrogen and oxygen atoms in total. The summed E-state index contributed by atoms with van der Waals surface area (Å²) < 4.78 is 10.4. The van der Waals surface area contributed by atoms with Gasteiger partial charge in [0.05, 0.1) is 18.9 Å². The van der Waals surface area contributed by atoms with Gasteiger partial charge in [-0.2, -0.15) is 0 Å². The summed E-state index contributed by atoms with van der Waals surface area (Å²) in [5.41, 5.74) is 0.703. The fraction of sp³-hybridized carbons (Fsp3) is 0.529. The summed E-state index contributed by atoms with van der Waals surface area (Å²) in [6.07, 6.45) is 2.30. The van der Waals surface area contributed by atoms with Crippen molar-refractivity contribution in [1.82, 2.24) is 4.98 Å². The first-order chi connectivity index (χ1) is 11.0. The van der Waals surface area contributed by atoms with Crippen LogP contribution in [0.3, 0.4) is 0 Å². The van der Waals surface area contributed by atoms with E-state index in [4.69, 9.17) is 9.47 Å². The van der Waals surface area contributed by atoms with Crippen LogP contribution in [0, 0.1) is 12.8 Å². The van der Waals surface area contributed by atoms with Crippen LogP contribution in [0.4, 0.5) is 5.82 Å². The molecule has 6 heteroatoms. The van der Waals surface area contributed by atoms with E-state index < -0.39 is 11.9 Å². The van der Waals surface area contributed by atoms with E-state index in [1.165, 1.54) is 6.21 Å². The number of hydrogen-bond acceptors (Lipinski definition) is 6. The van der Waals surface area contributed by atoms with E-state index in [1.54, 1.807) is 19.1 Å². The van der Waals surface area contributed by atoms with Gasteiger partial charge in [-0.25, -0.2) is 9.98 Å². The molecule has 0 aliphatic rings. The average molecular weight is 320 g/mol. The van der Waals surface area contributed by atoms with Crippen LogP contribution in [-0.4, -0.2) is 36.2 Å². The fourth-order valence-corrected chi connectivity index (χ4v) is 1.98. The Balaban J connectivity index is 2.93. The van der Waals surface area contributed by atoms with E-state index >= 15 is 0 Å². The van der Waals surface area contributed by atoms with Gasteiger partial charge in [0.15, 0.2) is 17.5 Å². The third-order valence-electron chi connectivity index (χ3n) is 3.06. The number of Topliss-reactive ketones (excluding diaryl/α,β-unsaturated/α-hetero) is 1. The van der Waals surface area contributed by atoms with Gasteiger partial charge >= 0.3 is 5.97 Å². The molecule has 1 aromatic heterocycles. The van der Waals surface area contributed by atoms with E-state index in [-0.39, 0.29) is 12.4 Å². The zero-order valence-corrected chi connectivity index (χ0v) is 14.2. The molecule has 0 amide bonds. The minimum absolute atomic E-state index is 0.197. The van der Waals surface area contributed by atoms with Crippen LogP contribution in [-0.2, 0) is 14.3 Å². The Hall–Kier alpha value is -2.24. The molecule has 23 heavy (non-hydrogen) atoms. The fourth-order valence-electron chi connectivity index (χ4n) is 1.98. The summed E-state index contributed by atoms with van der Waals surface area (Å²) >= 11 is 0. The van der Waals surface area contributed by atoms with Gasteiger partial charge in [-0.3, -0.25) is 9.59 Å². The zero-order valence-electron chi connectivity index (χ0n) is 14.2. The molecule has 1 heterocycles. The molecular weight excluding hydrogens is 296 g/mol. The Morgan fingerprint density at radius 3 is 2.57 bits per heavy atom. The number of aryl methyl sites for hydroxylation is 1. The summed E-state index contributed by atoms with van der Waals surface area (Å²) in [5.74, 6) is -0.640. The molecule has 0 saturated carbocycles. The van der Waals surface area contributed by atoms with Crippen LogP contribution >= 0.6 is 0 Å². The van der Waals surface area contributed by atoms with Crippen LogP contribution in [0.5, 0.6) is 5.75 Å². The Labute approximate surface area is 136 Å². The number of aliphatic imine (C=N–C) groups is 1. The predicted molar refractivity (Wildman–Crippen MR) is 88.3 cm³/mol.